The fourth-order valence-corrected chi connectivity index (χ4v) is 4.73. The van der Waals surface area contributed by atoms with Crippen LogP contribution in [0.5, 0.6) is 0 Å². The second-order valence-electron chi connectivity index (χ2n) is 8.38. The summed E-state index contributed by atoms with van der Waals surface area (Å²) in [7, 11) is 1.33. The van der Waals surface area contributed by atoms with E-state index in [1.165, 1.54) is 36.1 Å². The third-order valence-corrected chi connectivity index (χ3v) is 6.63. The van der Waals surface area contributed by atoms with Gasteiger partial charge in [0.25, 0.3) is 5.91 Å². The monoisotopic (exact) mass is 463 g/mol. The minimum absolute atomic E-state index is 0.124. The van der Waals surface area contributed by atoms with Crippen molar-refractivity contribution in [1.29, 1.82) is 0 Å². The van der Waals surface area contributed by atoms with Gasteiger partial charge in [-0.05, 0) is 85.4 Å². The van der Waals surface area contributed by atoms with Crippen LogP contribution in [-0.4, -0.2) is 48.6 Å². The Kier molecular flexibility index (Phi) is 6.79. The largest absolute Gasteiger partial charge is 0.468 e. The maximum absolute atomic E-state index is 13.5. The first-order chi connectivity index (χ1) is 15.9. The average Bonchev–Trinajstić information content (AvgIpc) is 3.42. The van der Waals surface area contributed by atoms with E-state index in [1.807, 2.05) is 30.3 Å². The van der Waals surface area contributed by atoms with Crippen molar-refractivity contribution in [2.45, 2.75) is 33.1 Å². The van der Waals surface area contributed by atoms with Crippen molar-refractivity contribution in [3.8, 4) is 0 Å². The van der Waals surface area contributed by atoms with Gasteiger partial charge in [0.15, 0.2) is 5.11 Å². The van der Waals surface area contributed by atoms with Crippen molar-refractivity contribution in [2.24, 2.45) is 0 Å². The standard InChI is InChI=1S/C26H29N3O3S/c1-4-19-7-10-21(11-8-19)29-25(31)23(28(26(29)33)17-24(30)32-3)16-20-9-12-22(18(2)15-20)27-13-5-6-14-27/h7-12,15-16H,4-6,13-14,17H2,1-3H3/b23-16-. The molecule has 2 aliphatic rings. The van der Waals surface area contributed by atoms with E-state index in [0.29, 0.717) is 11.4 Å². The number of rotatable bonds is 6. The number of hydrogen-bond donors (Lipinski definition) is 0. The second kappa shape index (κ2) is 9.75. The molecule has 4 rings (SSSR count). The lowest BCUT2D eigenvalue weighted by atomic mass is 10.1. The quantitative estimate of drug-likeness (QED) is 0.362. The van der Waals surface area contributed by atoms with E-state index >= 15 is 0 Å². The third-order valence-electron chi connectivity index (χ3n) is 6.22. The zero-order valence-corrected chi connectivity index (χ0v) is 20.2. The van der Waals surface area contributed by atoms with E-state index in [2.05, 4.69) is 30.9 Å². The fraction of sp³-hybridized carbons (Fsp3) is 0.346. The molecule has 0 saturated carbocycles. The number of carbonyl (C=O) groups is 2. The topological polar surface area (TPSA) is 53.1 Å². The zero-order valence-electron chi connectivity index (χ0n) is 19.3. The minimum atomic E-state index is -0.459. The molecule has 172 valence electrons. The molecule has 0 spiro atoms. The Hall–Kier alpha value is -3.19. The van der Waals surface area contributed by atoms with Gasteiger partial charge >= 0.3 is 5.97 Å². The number of esters is 1. The van der Waals surface area contributed by atoms with Crippen LogP contribution in [0, 0.1) is 6.92 Å². The van der Waals surface area contributed by atoms with Crippen LogP contribution in [-0.2, 0) is 20.7 Å². The van der Waals surface area contributed by atoms with Gasteiger partial charge in [-0.15, -0.1) is 0 Å². The first-order valence-corrected chi connectivity index (χ1v) is 11.7. The van der Waals surface area contributed by atoms with Crippen LogP contribution >= 0.6 is 12.2 Å². The zero-order chi connectivity index (χ0) is 23.5. The van der Waals surface area contributed by atoms with Gasteiger partial charge in [-0.25, -0.2) is 0 Å². The van der Waals surface area contributed by atoms with Crippen molar-refractivity contribution >= 4 is 46.7 Å². The first kappa shape index (κ1) is 23.0. The Balaban J connectivity index is 1.69. The van der Waals surface area contributed by atoms with Crippen molar-refractivity contribution in [3.63, 3.8) is 0 Å². The molecule has 0 aromatic heterocycles. The molecule has 0 N–H and O–H groups in total. The van der Waals surface area contributed by atoms with E-state index < -0.39 is 5.97 Å². The summed E-state index contributed by atoms with van der Waals surface area (Å²) in [5.74, 6) is -0.714. The molecular weight excluding hydrogens is 434 g/mol. The number of methoxy groups -OCH3 is 1. The molecule has 0 radical (unpaired) electrons. The van der Waals surface area contributed by atoms with Gasteiger partial charge < -0.3 is 14.5 Å². The maximum Gasteiger partial charge on any atom is 0.325 e. The average molecular weight is 464 g/mol. The third kappa shape index (κ3) is 4.64. The molecule has 2 aromatic rings. The number of anilines is 2. The normalized spacial score (nSPS) is 17.4. The van der Waals surface area contributed by atoms with Gasteiger partial charge in [-0.1, -0.05) is 25.1 Å². The predicted molar refractivity (Wildman–Crippen MR) is 135 cm³/mol. The van der Waals surface area contributed by atoms with E-state index in [-0.39, 0.29) is 17.6 Å². The summed E-state index contributed by atoms with van der Waals surface area (Å²) in [6.45, 7) is 6.20. The molecule has 0 aliphatic carbocycles. The molecule has 7 heteroatoms. The minimum Gasteiger partial charge on any atom is -0.468 e. The van der Waals surface area contributed by atoms with Crippen molar-refractivity contribution in [2.75, 3.05) is 36.5 Å². The molecule has 2 fully saturated rings. The molecular formula is C26H29N3O3S. The van der Waals surface area contributed by atoms with Gasteiger partial charge in [0.05, 0.1) is 12.8 Å². The number of amides is 1. The lowest BCUT2D eigenvalue weighted by Crippen LogP contribution is -2.35. The number of hydrogen-bond acceptors (Lipinski definition) is 5. The van der Waals surface area contributed by atoms with Crippen LogP contribution in [0.3, 0.4) is 0 Å². The molecule has 0 bridgehead atoms. The number of ether oxygens (including phenoxy) is 1. The lowest BCUT2D eigenvalue weighted by molar-refractivity contribution is -0.140. The highest BCUT2D eigenvalue weighted by Crippen LogP contribution is 2.31. The highest BCUT2D eigenvalue weighted by molar-refractivity contribution is 7.80. The van der Waals surface area contributed by atoms with Crippen LogP contribution < -0.4 is 9.80 Å². The number of nitrogens with zero attached hydrogens (tertiary/aromatic N) is 3. The summed E-state index contributed by atoms with van der Waals surface area (Å²) in [4.78, 5) is 31.0. The molecule has 6 nitrogen and oxygen atoms in total. The second-order valence-corrected chi connectivity index (χ2v) is 8.74. The Morgan fingerprint density at radius 2 is 1.82 bits per heavy atom. The molecule has 2 aliphatic heterocycles. The molecule has 2 heterocycles. The predicted octanol–water partition coefficient (Wildman–Crippen LogP) is 4.31. The van der Waals surface area contributed by atoms with E-state index in [4.69, 9.17) is 17.0 Å². The first-order valence-electron chi connectivity index (χ1n) is 11.3. The van der Waals surface area contributed by atoms with Crippen LogP contribution in [0.15, 0.2) is 48.2 Å². The van der Waals surface area contributed by atoms with Crippen LogP contribution in [0.1, 0.15) is 36.5 Å². The number of thiocarbonyl (C=S) groups is 1. The molecule has 1 amide bonds. The van der Waals surface area contributed by atoms with E-state index in [9.17, 15) is 9.59 Å². The summed E-state index contributed by atoms with van der Waals surface area (Å²) in [6, 6.07) is 13.9. The van der Waals surface area contributed by atoms with Crippen molar-refractivity contribution in [3.05, 3.63) is 64.9 Å². The number of benzene rings is 2. The van der Waals surface area contributed by atoms with E-state index in [1.54, 1.807) is 11.0 Å². The Morgan fingerprint density at radius 3 is 2.42 bits per heavy atom. The maximum atomic E-state index is 13.5. The van der Waals surface area contributed by atoms with Crippen LogP contribution in [0.25, 0.3) is 6.08 Å². The van der Waals surface area contributed by atoms with Crippen LogP contribution in [0.2, 0.25) is 0 Å². The summed E-state index contributed by atoms with van der Waals surface area (Å²) < 4.78 is 4.85. The SMILES string of the molecule is CCc1ccc(N2C(=O)/C(=C/c3ccc(N4CCCC4)c(C)c3)N(CC(=O)OC)C2=S)cc1. The lowest BCUT2D eigenvalue weighted by Gasteiger charge is -2.21. The molecule has 2 saturated heterocycles. The van der Waals surface area contributed by atoms with Gasteiger partial charge in [-0.2, -0.15) is 0 Å². The highest BCUT2D eigenvalue weighted by Gasteiger charge is 2.40. The Labute approximate surface area is 200 Å². The van der Waals surface area contributed by atoms with Gasteiger partial charge in [-0.3, -0.25) is 14.5 Å². The smallest absolute Gasteiger partial charge is 0.325 e. The van der Waals surface area contributed by atoms with Gasteiger partial charge in [0, 0.05) is 18.8 Å². The molecule has 0 unspecified atom stereocenters. The Morgan fingerprint density at radius 1 is 1.12 bits per heavy atom. The Bertz CT molecular complexity index is 1100. The molecule has 2 aromatic carbocycles. The summed E-state index contributed by atoms with van der Waals surface area (Å²) in [5, 5.41) is 0.270. The van der Waals surface area contributed by atoms with Crippen molar-refractivity contribution < 1.29 is 14.3 Å². The summed E-state index contributed by atoms with van der Waals surface area (Å²) in [6.07, 6.45) is 5.15. The fourth-order valence-electron chi connectivity index (χ4n) is 4.37. The van der Waals surface area contributed by atoms with Gasteiger partial charge in [0.1, 0.15) is 12.2 Å². The summed E-state index contributed by atoms with van der Waals surface area (Å²) >= 11 is 5.64. The van der Waals surface area contributed by atoms with E-state index in [0.717, 1.165) is 30.6 Å². The van der Waals surface area contributed by atoms with Crippen LogP contribution in [0.4, 0.5) is 11.4 Å². The molecule has 33 heavy (non-hydrogen) atoms. The number of carbonyl (C=O) groups excluding carboxylic acids is 2. The molecule has 0 atom stereocenters. The highest BCUT2D eigenvalue weighted by atomic mass is 32.1. The van der Waals surface area contributed by atoms with Gasteiger partial charge in [0.2, 0.25) is 0 Å². The summed E-state index contributed by atoms with van der Waals surface area (Å²) in [5.41, 5.74) is 5.49. The van der Waals surface area contributed by atoms with Crippen molar-refractivity contribution in [1.82, 2.24) is 4.90 Å². The number of aryl methyl sites for hydroxylation is 2.